The SMILES string of the molecule is C=CCOC(=O)[C@H](CO[C@@H]1O[C@@H](C)[C@@H](OC(C)=O)[C@@H](OC(C)=O)[C@@H]1F)NC(=O)OCC1c2ccccc2-c2ccccc21. The molecule has 1 N–H and O–H groups in total. The third-order valence-corrected chi connectivity index (χ3v) is 7.00. The molecule has 1 amide bonds. The van der Waals surface area contributed by atoms with E-state index in [4.69, 9.17) is 28.4 Å². The van der Waals surface area contributed by atoms with Crippen LogP contribution in [0.25, 0.3) is 11.1 Å². The highest BCUT2D eigenvalue weighted by Crippen LogP contribution is 2.44. The first kappa shape index (κ1) is 31.6. The summed E-state index contributed by atoms with van der Waals surface area (Å²) in [6.07, 6.45) is -7.01. The van der Waals surface area contributed by atoms with Gasteiger partial charge in [-0.3, -0.25) is 9.59 Å². The first-order valence-electron chi connectivity index (χ1n) is 13.7. The predicted molar refractivity (Wildman–Crippen MR) is 149 cm³/mol. The number of rotatable bonds is 11. The van der Waals surface area contributed by atoms with Gasteiger partial charge in [0, 0.05) is 19.8 Å². The van der Waals surface area contributed by atoms with Crippen LogP contribution in [0.2, 0.25) is 0 Å². The van der Waals surface area contributed by atoms with Crippen molar-refractivity contribution in [3.05, 3.63) is 72.3 Å². The molecule has 2 aromatic carbocycles. The fraction of sp³-hybridized carbons (Fsp3) is 0.419. The van der Waals surface area contributed by atoms with E-state index in [-0.39, 0.29) is 19.1 Å². The van der Waals surface area contributed by atoms with Crippen LogP contribution in [-0.2, 0) is 42.8 Å². The van der Waals surface area contributed by atoms with Crippen molar-refractivity contribution in [3.8, 4) is 11.1 Å². The Labute approximate surface area is 248 Å². The molecule has 230 valence electrons. The Morgan fingerprint density at radius 3 is 2.12 bits per heavy atom. The van der Waals surface area contributed by atoms with Crippen molar-refractivity contribution in [3.63, 3.8) is 0 Å². The minimum absolute atomic E-state index is 0.00739. The second-order valence-corrected chi connectivity index (χ2v) is 10.1. The van der Waals surface area contributed by atoms with Gasteiger partial charge in [-0.05, 0) is 29.2 Å². The van der Waals surface area contributed by atoms with Gasteiger partial charge in [0.2, 0.25) is 0 Å². The van der Waals surface area contributed by atoms with E-state index in [1.54, 1.807) is 0 Å². The quantitative estimate of drug-likeness (QED) is 0.232. The molecule has 0 aromatic heterocycles. The Morgan fingerprint density at radius 2 is 1.53 bits per heavy atom. The number of hydrogen-bond donors (Lipinski definition) is 1. The normalized spacial score (nSPS) is 23.2. The number of carbonyl (C=O) groups excluding carboxylic acids is 4. The number of hydrogen-bond acceptors (Lipinski definition) is 10. The first-order chi connectivity index (χ1) is 20.6. The summed E-state index contributed by atoms with van der Waals surface area (Å²) >= 11 is 0. The fourth-order valence-corrected chi connectivity index (χ4v) is 5.16. The molecule has 0 bridgehead atoms. The van der Waals surface area contributed by atoms with Crippen LogP contribution >= 0.6 is 0 Å². The van der Waals surface area contributed by atoms with Gasteiger partial charge in [0.25, 0.3) is 0 Å². The van der Waals surface area contributed by atoms with Crippen molar-refractivity contribution in [2.45, 2.75) is 63.5 Å². The van der Waals surface area contributed by atoms with E-state index in [9.17, 15) is 19.2 Å². The Kier molecular flexibility index (Phi) is 10.5. The molecule has 1 saturated heterocycles. The molecule has 1 heterocycles. The smallest absolute Gasteiger partial charge is 0.407 e. The Bertz CT molecular complexity index is 1300. The van der Waals surface area contributed by atoms with E-state index in [0.29, 0.717) is 0 Å². The van der Waals surface area contributed by atoms with Gasteiger partial charge in [0.05, 0.1) is 12.7 Å². The van der Waals surface area contributed by atoms with Crippen LogP contribution in [0.3, 0.4) is 0 Å². The Morgan fingerprint density at radius 1 is 0.953 bits per heavy atom. The number of fused-ring (bicyclic) bond motifs is 3. The Balaban J connectivity index is 1.42. The van der Waals surface area contributed by atoms with Crippen LogP contribution in [0.5, 0.6) is 0 Å². The molecule has 4 rings (SSSR count). The van der Waals surface area contributed by atoms with E-state index in [2.05, 4.69) is 11.9 Å². The Hall–Kier alpha value is -4.29. The largest absolute Gasteiger partial charge is 0.460 e. The molecule has 0 saturated carbocycles. The number of nitrogens with one attached hydrogen (secondary N) is 1. The number of halogens is 1. The molecule has 1 fully saturated rings. The van der Waals surface area contributed by atoms with Gasteiger partial charge in [-0.1, -0.05) is 61.2 Å². The number of amides is 1. The van der Waals surface area contributed by atoms with Crippen LogP contribution < -0.4 is 5.32 Å². The molecule has 2 aromatic rings. The summed E-state index contributed by atoms with van der Waals surface area (Å²) in [4.78, 5) is 48.8. The van der Waals surface area contributed by atoms with E-state index < -0.39 is 67.4 Å². The molecule has 2 aliphatic rings. The monoisotopic (exact) mass is 599 g/mol. The summed E-state index contributed by atoms with van der Waals surface area (Å²) in [5.41, 5.74) is 4.12. The summed E-state index contributed by atoms with van der Waals surface area (Å²) in [6, 6.07) is 14.2. The van der Waals surface area contributed by atoms with E-state index in [1.807, 2.05) is 48.5 Å². The van der Waals surface area contributed by atoms with Gasteiger partial charge in [-0.15, -0.1) is 0 Å². The van der Waals surface area contributed by atoms with Gasteiger partial charge < -0.3 is 33.7 Å². The maximum atomic E-state index is 15.4. The molecule has 0 radical (unpaired) electrons. The second-order valence-electron chi connectivity index (χ2n) is 10.1. The van der Waals surface area contributed by atoms with E-state index in [1.165, 1.54) is 13.0 Å². The molecule has 0 spiro atoms. The minimum atomic E-state index is -2.09. The van der Waals surface area contributed by atoms with Gasteiger partial charge in [-0.2, -0.15) is 0 Å². The molecule has 1 aliphatic heterocycles. The molecule has 11 nitrogen and oxygen atoms in total. The van der Waals surface area contributed by atoms with Gasteiger partial charge in [0.1, 0.15) is 13.2 Å². The zero-order chi connectivity index (χ0) is 31.1. The highest BCUT2D eigenvalue weighted by molar-refractivity contribution is 5.82. The van der Waals surface area contributed by atoms with Gasteiger partial charge >= 0.3 is 24.0 Å². The number of esters is 3. The summed E-state index contributed by atoms with van der Waals surface area (Å²) in [6.45, 7) is 6.45. The predicted octanol–water partition coefficient (Wildman–Crippen LogP) is 3.59. The van der Waals surface area contributed by atoms with Crippen LogP contribution in [0.1, 0.15) is 37.8 Å². The summed E-state index contributed by atoms with van der Waals surface area (Å²) in [5.74, 6) is -2.63. The number of benzene rings is 2. The lowest BCUT2D eigenvalue weighted by atomic mass is 9.98. The highest BCUT2D eigenvalue weighted by Gasteiger charge is 2.49. The number of alkyl carbamates (subject to hydrolysis) is 1. The molecular formula is C31H34FNO10. The topological polar surface area (TPSA) is 136 Å². The maximum absolute atomic E-state index is 15.4. The number of alkyl halides is 1. The first-order valence-corrected chi connectivity index (χ1v) is 13.7. The number of ether oxygens (including phenoxy) is 6. The van der Waals surface area contributed by atoms with Crippen molar-refractivity contribution in [2.24, 2.45) is 0 Å². The summed E-state index contributed by atoms with van der Waals surface area (Å²) in [7, 11) is 0. The molecular weight excluding hydrogens is 565 g/mol. The van der Waals surface area contributed by atoms with Crippen molar-refractivity contribution in [1.29, 1.82) is 0 Å². The highest BCUT2D eigenvalue weighted by atomic mass is 19.1. The van der Waals surface area contributed by atoms with E-state index in [0.717, 1.165) is 36.1 Å². The zero-order valence-electron chi connectivity index (χ0n) is 24.0. The minimum Gasteiger partial charge on any atom is -0.460 e. The van der Waals surface area contributed by atoms with Crippen LogP contribution in [0.4, 0.5) is 9.18 Å². The van der Waals surface area contributed by atoms with Gasteiger partial charge in [0.15, 0.2) is 30.7 Å². The second kappa shape index (κ2) is 14.3. The lowest BCUT2D eigenvalue weighted by molar-refractivity contribution is -0.284. The van der Waals surface area contributed by atoms with Crippen molar-refractivity contribution >= 4 is 24.0 Å². The van der Waals surface area contributed by atoms with Crippen LogP contribution in [-0.4, -0.2) is 80.6 Å². The molecule has 0 unspecified atom stereocenters. The van der Waals surface area contributed by atoms with Gasteiger partial charge in [-0.25, -0.2) is 14.0 Å². The average Bonchev–Trinajstić information content (AvgIpc) is 3.30. The lowest BCUT2D eigenvalue weighted by Gasteiger charge is -2.41. The van der Waals surface area contributed by atoms with Crippen molar-refractivity contribution in [1.82, 2.24) is 5.32 Å². The third-order valence-electron chi connectivity index (χ3n) is 7.00. The summed E-state index contributed by atoms with van der Waals surface area (Å²) < 4.78 is 47.3. The van der Waals surface area contributed by atoms with Crippen LogP contribution in [0, 0.1) is 0 Å². The average molecular weight is 600 g/mol. The molecule has 43 heavy (non-hydrogen) atoms. The zero-order valence-corrected chi connectivity index (χ0v) is 24.0. The maximum Gasteiger partial charge on any atom is 0.407 e. The third kappa shape index (κ3) is 7.57. The van der Waals surface area contributed by atoms with Crippen LogP contribution in [0.15, 0.2) is 61.2 Å². The fourth-order valence-electron chi connectivity index (χ4n) is 5.16. The standard InChI is InChI=1S/C31H34FNO10/c1-5-14-38-29(36)25(16-39-30-26(32)28(43-19(4)35)27(17(2)41-30)42-18(3)34)33-31(37)40-15-24-22-12-8-6-10-20(22)21-11-7-9-13-23(21)24/h5-13,17,24-28,30H,1,14-16H2,2-4H3,(H,33,37)/t17-,25-,26-,27+,28-,30+/m0/s1. The van der Waals surface area contributed by atoms with E-state index >= 15 is 4.39 Å². The van der Waals surface area contributed by atoms with Crippen molar-refractivity contribution < 1.29 is 52.0 Å². The molecule has 1 aliphatic carbocycles. The number of carbonyl (C=O) groups is 4. The molecule has 6 atom stereocenters. The van der Waals surface area contributed by atoms with Crippen molar-refractivity contribution in [2.75, 3.05) is 19.8 Å². The molecule has 12 heteroatoms. The lowest BCUT2D eigenvalue weighted by Crippen LogP contribution is -2.59. The summed E-state index contributed by atoms with van der Waals surface area (Å²) in [5, 5.41) is 2.41.